The third-order valence-electron chi connectivity index (χ3n) is 4.50. The van der Waals surface area contributed by atoms with Crippen molar-refractivity contribution in [2.24, 2.45) is 5.92 Å². The van der Waals surface area contributed by atoms with Crippen LogP contribution in [-0.4, -0.2) is 19.0 Å². The van der Waals surface area contributed by atoms with E-state index in [2.05, 4.69) is 35.0 Å². The Hall–Kier alpha value is -2.33. The first-order chi connectivity index (χ1) is 11.7. The summed E-state index contributed by atoms with van der Waals surface area (Å²) in [5.74, 6) is 0.190. The summed E-state index contributed by atoms with van der Waals surface area (Å²) < 4.78 is 0. The first-order valence-electron chi connectivity index (χ1n) is 8.65. The fraction of sp³-hybridized carbons (Fsp3) is 0.350. The number of nitrogens with one attached hydrogen (secondary N) is 3. The van der Waals surface area contributed by atoms with Gasteiger partial charge in [-0.2, -0.15) is 0 Å². The van der Waals surface area contributed by atoms with Crippen molar-refractivity contribution in [3.63, 3.8) is 0 Å². The standard InChI is InChI=1S/C20H25N3O/c1-15(16-6-3-2-4-7-16)22-18-9-11-19(12-10-18)23-20(24)17-8-5-13-21-14-17/h2-4,6-7,9-12,15,17,21-22H,5,8,13-14H2,1H3,(H,23,24). The van der Waals surface area contributed by atoms with Gasteiger partial charge >= 0.3 is 0 Å². The quantitative estimate of drug-likeness (QED) is 0.784. The van der Waals surface area contributed by atoms with Gasteiger partial charge in [0.15, 0.2) is 0 Å². The van der Waals surface area contributed by atoms with Gasteiger partial charge < -0.3 is 16.0 Å². The van der Waals surface area contributed by atoms with Gasteiger partial charge in [-0.15, -0.1) is 0 Å². The SMILES string of the molecule is CC(Nc1ccc(NC(=O)C2CCCNC2)cc1)c1ccccc1. The maximum Gasteiger partial charge on any atom is 0.228 e. The highest BCUT2D eigenvalue weighted by atomic mass is 16.1. The molecular formula is C20H25N3O. The normalized spacial score (nSPS) is 18.6. The van der Waals surface area contributed by atoms with Crippen LogP contribution in [-0.2, 0) is 4.79 Å². The minimum Gasteiger partial charge on any atom is -0.379 e. The number of carbonyl (C=O) groups is 1. The second kappa shape index (κ2) is 7.97. The molecule has 1 amide bonds. The molecule has 0 aliphatic carbocycles. The number of hydrogen-bond donors (Lipinski definition) is 3. The molecule has 126 valence electrons. The van der Waals surface area contributed by atoms with Crippen molar-refractivity contribution >= 4 is 17.3 Å². The van der Waals surface area contributed by atoms with Crippen molar-refractivity contribution in [1.29, 1.82) is 0 Å². The van der Waals surface area contributed by atoms with Gasteiger partial charge in [0.05, 0.1) is 5.92 Å². The number of anilines is 2. The van der Waals surface area contributed by atoms with Crippen LogP contribution in [0.25, 0.3) is 0 Å². The lowest BCUT2D eigenvalue weighted by Gasteiger charge is -2.22. The maximum atomic E-state index is 12.2. The molecule has 1 fully saturated rings. The molecule has 4 heteroatoms. The van der Waals surface area contributed by atoms with Crippen LogP contribution in [0.3, 0.4) is 0 Å². The first-order valence-corrected chi connectivity index (χ1v) is 8.65. The summed E-state index contributed by atoms with van der Waals surface area (Å²) in [5.41, 5.74) is 3.15. The molecule has 3 N–H and O–H groups in total. The molecular weight excluding hydrogens is 298 g/mol. The summed E-state index contributed by atoms with van der Waals surface area (Å²) in [6.45, 7) is 3.94. The molecule has 0 saturated carbocycles. The second-order valence-corrected chi connectivity index (χ2v) is 6.39. The van der Waals surface area contributed by atoms with Crippen LogP contribution in [0.4, 0.5) is 11.4 Å². The van der Waals surface area contributed by atoms with E-state index in [0.29, 0.717) is 0 Å². The Morgan fingerprint density at radius 2 is 1.79 bits per heavy atom. The van der Waals surface area contributed by atoms with Crippen molar-refractivity contribution in [2.75, 3.05) is 23.7 Å². The number of benzene rings is 2. The molecule has 1 heterocycles. The molecule has 24 heavy (non-hydrogen) atoms. The summed E-state index contributed by atoms with van der Waals surface area (Å²) in [7, 11) is 0. The monoisotopic (exact) mass is 323 g/mol. The molecule has 0 bridgehead atoms. The van der Waals surface area contributed by atoms with Gasteiger partial charge in [0.25, 0.3) is 0 Å². The predicted molar refractivity (Wildman–Crippen MR) is 99.1 cm³/mol. The Labute approximate surface area is 143 Å². The summed E-state index contributed by atoms with van der Waals surface area (Å²) in [5, 5.41) is 9.77. The van der Waals surface area contributed by atoms with Gasteiger partial charge in [-0.3, -0.25) is 4.79 Å². The highest BCUT2D eigenvalue weighted by molar-refractivity contribution is 5.92. The number of piperidine rings is 1. The van der Waals surface area contributed by atoms with E-state index in [9.17, 15) is 4.79 Å². The fourth-order valence-electron chi connectivity index (χ4n) is 3.04. The van der Waals surface area contributed by atoms with Crippen LogP contribution in [0.2, 0.25) is 0 Å². The van der Waals surface area contributed by atoms with E-state index < -0.39 is 0 Å². The predicted octanol–water partition coefficient (Wildman–Crippen LogP) is 3.80. The van der Waals surface area contributed by atoms with Gasteiger partial charge in [0.1, 0.15) is 0 Å². The van der Waals surface area contributed by atoms with Gasteiger partial charge in [0, 0.05) is 24.0 Å². The lowest BCUT2D eigenvalue weighted by Crippen LogP contribution is -2.37. The van der Waals surface area contributed by atoms with E-state index in [1.807, 2.05) is 42.5 Å². The lowest BCUT2D eigenvalue weighted by molar-refractivity contribution is -0.120. The zero-order valence-electron chi connectivity index (χ0n) is 14.1. The molecule has 0 aromatic heterocycles. The van der Waals surface area contributed by atoms with Crippen LogP contribution in [0.5, 0.6) is 0 Å². The van der Waals surface area contributed by atoms with Gasteiger partial charge in [-0.1, -0.05) is 30.3 Å². The van der Waals surface area contributed by atoms with Crippen LogP contribution < -0.4 is 16.0 Å². The number of rotatable bonds is 5. The summed E-state index contributed by atoms with van der Waals surface area (Å²) in [6.07, 6.45) is 2.03. The molecule has 0 radical (unpaired) electrons. The molecule has 1 saturated heterocycles. The Morgan fingerprint density at radius 1 is 1.08 bits per heavy atom. The Bertz CT molecular complexity index is 648. The lowest BCUT2D eigenvalue weighted by atomic mass is 9.99. The van der Waals surface area contributed by atoms with E-state index >= 15 is 0 Å². The first kappa shape index (κ1) is 16.5. The van der Waals surface area contributed by atoms with E-state index in [4.69, 9.17) is 0 Å². The molecule has 4 nitrogen and oxygen atoms in total. The molecule has 2 unspecified atom stereocenters. The van der Waals surface area contributed by atoms with Crippen molar-refractivity contribution in [1.82, 2.24) is 5.32 Å². The van der Waals surface area contributed by atoms with Crippen molar-refractivity contribution < 1.29 is 4.79 Å². The van der Waals surface area contributed by atoms with Crippen molar-refractivity contribution in [2.45, 2.75) is 25.8 Å². The molecule has 2 aromatic carbocycles. The molecule has 0 spiro atoms. The van der Waals surface area contributed by atoms with Crippen LogP contribution >= 0.6 is 0 Å². The fourth-order valence-corrected chi connectivity index (χ4v) is 3.04. The molecule has 1 aliphatic rings. The average molecular weight is 323 g/mol. The largest absolute Gasteiger partial charge is 0.379 e. The van der Waals surface area contributed by atoms with Gasteiger partial charge in [0.2, 0.25) is 5.91 Å². The van der Waals surface area contributed by atoms with E-state index in [0.717, 1.165) is 37.3 Å². The summed E-state index contributed by atoms with van der Waals surface area (Å²) in [6, 6.07) is 18.5. The highest BCUT2D eigenvalue weighted by Gasteiger charge is 2.20. The molecule has 2 aromatic rings. The number of amides is 1. The van der Waals surface area contributed by atoms with Gasteiger partial charge in [-0.05, 0) is 56.1 Å². The van der Waals surface area contributed by atoms with Crippen LogP contribution in [0.15, 0.2) is 54.6 Å². The Balaban J connectivity index is 1.56. The maximum absolute atomic E-state index is 12.2. The number of hydrogen-bond acceptors (Lipinski definition) is 3. The van der Waals surface area contributed by atoms with Crippen LogP contribution in [0.1, 0.15) is 31.4 Å². The van der Waals surface area contributed by atoms with Crippen molar-refractivity contribution in [3.05, 3.63) is 60.2 Å². The Morgan fingerprint density at radius 3 is 2.46 bits per heavy atom. The van der Waals surface area contributed by atoms with E-state index in [-0.39, 0.29) is 17.9 Å². The zero-order chi connectivity index (χ0) is 16.8. The average Bonchev–Trinajstić information content (AvgIpc) is 2.65. The highest BCUT2D eigenvalue weighted by Crippen LogP contribution is 2.21. The smallest absolute Gasteiger partial charge is 0.228 e. The third kappa shape index (κ3) is 4.36. The van der Waals surface area contributed by atoms with Crippen molar-refractivity contribution in [3.8, 4) is 0 Å². The zero-order valence-corrected chi connectivity index (χ0v) is 14.1. The van der Waals surface area contributed by atoms with Crippen LogP contribution in [0, 0.1) is 5.92 Å². The summed E-state index contributed by atoms with van der Waals surface area (Å²) in [4.78, 5) is 12.2. The van der Waals surface area contributed by atoms with E-state index in [1.54, 1.807) is 0 Å². The van der Waals surface area contributed by atoms with Gasteiger partial charge in [-0.25, -0.2) is 0 Å². The summed E-state index contributed by atoms with van der Waals surface area (Å²) >= 11 is 0. The topological polar surface area (TPSA) is 53.2 Å². The minimum atomic E-state index is 0.0784. The Kier molecular flexibility index (Phi) is 5.49. The second-order valence-electron chi connectivity index (χ2n) is 6.39. The van der Waals surface area contributed by atoms with E-state index in [1.165, 1.54) is 5.56 Å². The molecule has 1 aliphatic heterocycles. The number of carbonyl (C=O) groups excluding carboxylic acids is 1. The molecule has 3 rings (SSSR count). The minimum absolute atomic E-state index is 0.0784. The third-order valence-corrected chi connectivity index (χ3v) is 4.50. The molecule has 2 atom stereocenters.